The maximum atomic E-state index is 12.2. The predicted octanol–water partition coefficient (Wildman–Crippen LogP) is 1.87. The van der Waals surface area contributed by atoms with Gasteiger partial charge < -0.3 is 14.2 Å². The van der Waals surface area contributed by atoms with E-state index in [4.69, 9.17) is 16.0 Å². The molecule has 1 aromatic heterocycles. The molecule has 0 unspecified atom stereocenters. The number of nitrogens with zero attached hydrogens (tertiary/aromatic N) is 2. The topological polar surface area (TPSA) is 53.8 Å². The third kappa shape index (κ3) is 3.50. The van der Waals surface area contributed by atoms with Crippen LogP contribution in [0.25, 0.3) is 0 Å². The van der Waals surface area contributed by atoms with Crippen molar-refractivity contribution in [2.24, 2.45) is 0 Å². The minimum atomic E-state index is -0.286. The summed E-state index contributed by atoms with van der Waals surface area (Å²) in [6.45, 7) is 2.48. The summed E-state index contributed by atoms with van der Waals surface area (Å²) in [4.78, 5) is 26.8. The quantitative estimate of drug-likeness (QED) is 0.822. The van der Waals surface area contributed by atoms with Crippen LogP contribution in [0.2, 0.25) is 5.22 Å². The number of hydrogen-bond donors (Lipinski definition) is 0. The lowest BCUT2D eigenvalue weighted by Gasteiger charge is -2.22. The number of carbonyl (C=O) groups is 2. The van der Waals surface area contributed by atoms with Gasteiger partial charge in [0.2, 0.25) is 11.1 Å². The van der Waals surface area contributed by atoms with Crippen LogP contribution in [0, 0.1) is 0 Å². The number of rotatable bonds is 5. The van der Waals surface area contributed by atoms with E-state index in [9.17, 15) is 9.59 Å². The predicted molar refractivity (Wildman–Crippen MR) is 68.6 cm³/mol. The zero-order chi connectivity index (χ0) is 13.7. The van der Waals surface area contributed by atoms with E-state index in [0.29, 0.717) is 6.54 Å². The summed E-state index contributed by atoms with van der Waals surface area (Å²) < 4.78 is 4.89. The Hall–Kier alpha value is -1.49. The summed E-state index contributed by atoms with van der Waals surface area (Å²) in [6.07, 6.45) is 2.12. The van der Waals surface area contributed by atoms with Crippen LogP contribution in [0.3, 0.4) is 0 Å². The first-order valence-corrected chi connectivity index (χ1v) is 6.07. The molecule has 100 valence electrons. The molecule has 0 bridgehead atoms. The van der Waals surface area contributed by atoms with Gasteiger partial charge in [-0.05, 0) is 24.1 Å². The van der Waals surface area contributed by atoms with E-state index in [0.717, 1.165) is 6.42 Å². The summed E-state index contributed by atoms with van der Waals surface area (Å²) in [5.74, 6) is -0.415. The molecule has 0 aliphatic carbocycles. The molecule has 0 radical (unpaired) electrons. The van der Waals surface area contributed by atoms with Gasteiger partial charge in [0.1, 0.15) is 6.54 Å². The molecule has 0 aliphatic heterocycles. The van der Waals surface area contributed by atoms with Crippen molar-refractivity contribution in [3.63, 3.8) is 0 Å². The normalized spacial score (nSPS) is 10.2. The second kappa shape index (κ2) is 6.44. The molecule has 5 nitrogen and oxygen atoms in total. The highest BCUT2D eigenvalue weighted by Gasteiger charge is 2.22. The summed E-state index contributed by atoms with van der Waals surface area (Å²) in [5, 5.41) is 0.0541. The number of halogens is 1. The van der Waals surface area contributed by atoms with Crippen molar-refractivity contribution in [1.29, 1.82) is 0 Å². The fraction of sp³-hybridized carbons (Fsp3) is 0.500. The summed E-state index contributed by atoms with van der Waals surface area (Å²) in [7, 11) is 3.31. The van der Waals surface area contributed by atoms with E-state index in [1.54, 1.807) is 14.1 Å². The molecule has 0 saturated heterocycles. The lowest BCUT2D eigenvalue weighted by atomic mass is 10.2. The largest absolute Gasteiger partial charge is 0.452 e. The van der Waals surface area contributed by atoms with Gasteiger partial charge in [0.05, 0.1) is 11.8 Å². The molecule has 0 aliphatic rings. The number of carbonyl (C=O) groups excluding carboxylic acids is 2. The highest BCUT2D eigenvalue weighted by Crippen LogP contribution is 2.18. The third-order valence-electron chi connectivity index (χ3n) is 2.45. The molecular formula is C12H17ClN2O3. The second-order valence-corrected chi connectivity index (χ2v) is 4.47. The Morgan fingerprint density at radius 2 is 2.06 bits per heavy atom. The summed E-state index contributed by atoms with van der Waals surface area (Å²) >= 11 is 5.77. The van der Waals surface area contributed by atoms with E-state index >= 15 is 0 Å². The van der Waals surface area contributed by atoms with Crippen molar-refractivity contribution in [2.75, 3.05) is 27.2 Å². The van der Waals surface area contributed by atoms with Crippen LogP contribution in [0.1, 0.15) is 23.7 Å². The highest BCUT2D eigenvalue weighted by atomic mass is 35.5. The molecule has 18 heavy (non-hydrogen) atoms. The van der Waals surface area contributed by atoms with Crippen molar-refractivity contribution in [1.82, 2.24) is 9.80 Å². The lowest BCUT2D eigenvalue weighted by Crippen LogP contribution is -2.40. The van der Waals surface area contributed by atoms with E-state index in [1.807, 2.05) is 6.92 Å². The summed E-state index contributed by atoms with van der Waals surface area (Å²) in [5.41, 5.74) is 0.289. The first-order chi connectivity index (χ1) is 8.47. The summed E-state index contributed by atoms with van der Waals surface area (Å²) in [6, 6.07) is 1.51. The fourth-order valence-corrected chi connectivity index (χ4v) is 1.64. The zero-order valence-corrected chi connectivity index (χ0v) is 11.5. The van der Waals surface area contributed by atoms with Crippen molar-refractivity contribution in [3.05, 3.63) is 23.1 Å². The van der Waals surface area contributed by atoms with E-state index in [2.05, 4.69) is 0 Å². The first kappa shape index (κ1) is 14.6. The molecule has 2 amide bonds. The third-order valence-corrected chi connectivity index (χ3v) is 2.75. The Kier molecular flexibility index (Phi) is 5.22. The number of amides is 2. The number of hydrogen-bond acceptors (Lipinski definition) is 3. The average Bonchev–Trinajstić information content (AvgIpc) is 2.73. The molecule has 1 heterocycles. The van der Waals surface area contributed by atoms with Crippen LogP contribution in [-0.2, 0) is 4.79 Å². The fourth-order valence-electron chi connectivity index (χ4n) is 1.44. The number of likely N-dealkylation sites (N-methyl/N-ethyl adjacent to an activating group) is 1. The Labute approximate surface area is 111 Å². The SMILES string of the molecule is CCCN(CC(=O)N(C)C)C(=O)c1ccoc1Cl. The highest BCUT2D eigenvalue weighted by molar-refractivity contribution is 6.32. The molecule has 0 N–H and O–H groups in total. The van der Waals surface area contributed by atoms with Gasteiger partial charge in [-0.15, -0.1) is 0 Å². The van der Waals surface area contributed by atoms with Gasteiger partial charge in [-0.1, -0.05) is 6.92 Å². The van der Waals surface area contributed by atoms with Gasteiger partial charge in [-0.2, -0.15) is 0 Å². The van der Waals surface area contributed by atoms with Crippen molar-refractivity contribution in [3.8, 4) is 0 Å². The van der Waals surface area contributed by atoms with Gasteiger partial charge >= 0.3 is 0 Å². The lowest BCUT2D eigenvalue weighted by molar-refractivity contribution is -0.129. The molecular weight excluding hydrogens is 256 g/mol. The minimum absolute atomic E-state index is 0.0428. The second-order valence-electron chi connectivity index (χ2n) is 4.12. The minimum Gasteiger partial charge on any atom is -0.452 e. The zero-order valence-electron chi connectivity index (χ0n) is 10.8. The standard InChI is InChI=1S/C12H17ClN2O3/c1-4-6-15(8-10(16)14(2)3)12(17)9-5-7-18-11(9)13/h5,7H,4,6,8H2,1-3H3. The Morgan fingerprint density at radius 3 is 2.50 bits per heavy atom. The Bertz CT molecular complexity index is 429. The molecule has 0 atom stereocenters. The van der Waals surface area contributed by atoms with Gasteiger partial charge in [-0.25, -0.2) is 0 Å². The van der Waals surface area contributed by atoms with Crippen LogP contribution in [-0.4, -0.2) is 48.8 Å². The Balaban J connectivity index is 2.82. The van der Waals surface area contributed by atoms with Gasteiger partial charge in [-0.3, -0.25) is 9.59 Å². The molecule has 0 aromatic carbocycles. The van der Waals surface area contributed by atoms with E-state index < -0.39 is 0 Å². The van der Waals surface area contributed by atoms with Crippen LogP contribution >= 0.6 is 11.6 Å². The van der Waals surface area contributed by atoms with Gasteiger partial charge in [0.15, 0.2) is 0 Å². The average molecular weight is 273 g/mol. The molecule has 0 fully saturated rings. The molecule has 0 saturated carbocycles. The molecule has 1 aromatic rings. The van der Waals surface area contributed by atoms with Crippen molar-refractivity contribution >= 4 is 23.4 Å². The van der Waals surface area contributed by atoms with Crippen molar-refractivity contribution in [2.45, 2.75) is 13.3 Å². The maximum Gasteiger partial charge on any atom is 0.259 e. The molecule has 0 spiro atoms. The number of furan rings is 1. The molecule has 1 rings (SSSR count). The van der Waals surface area contributed by atoms with Crippen LogP contribution in [0.15, 0.2) is 16.7 Å². The maximum absolute atomic E-state index is 12.2. The van der Waals surface area contributed by atoms with Crippen LogP contribution in [0.4, 0.5) is 0 Å². The monoisotopic (exact) mass is 272 g/mol. The van der Waals surface area contributed by atoms with Crippen LogP contribution in [0.5, 0.6) is 0 Å². The van der Waals surface area contributed by atoms with Gasteiger partial charge in [0.25, 0.3) is 5.91 Å². The van der Waals surface area contributed by atoms with Crippen LogP contribution < -0.4 is 0 Å². The van der Waals surface area contributed by atoms with Gasteiger partial charge in [0, 0.05) is 20.6 Å². The smallest absolute Gasteiger partial charge is 0.259 e. The first-order valence-electron chi connectivity index (χ1n) is 5.69. The molecule has 6 heteroatoms. The van der Waals surface area contributed by atoms with Crippen molar-refractivity contribution < 1.29 is 14.0 Å². The Morgan fingerprint density at radius 1 is 1.39 bits per heavy atom. The van der Waals surface area contributed by atoms with E-state index in [-0.39, 0.29) is 29.1 Å². The van der Waals surface area contributed by atoms with E-state index in [1.165, 1.54) is 22.1 Å².